The van der Waals surface area contributed by atoms with Gasteiger partial charge in [-0.3, -0.25) is 10.1 Å². The number of halogens is 1. The van der Waals surface area contributed by atoms with Crippen LogP contribution in [0.1, 0.15) is 17.3 Å². The van der Waals surface area contributed by atoms with Crippen LogP contribution in [0.15, 0.2) is 30.5 Å². The maximum atomic E-state index is 11.5. The van der Waals surface area contributed by atoms with Gasteiger partial charge < -0.3 is 5.73 Å². The van der Waals surface area contributed by atoms with E-state index in [9.17, 15) is 4.79 Å². The molecule has 1 heterocycles. The molecule has 6 nitrogen and oxygen atoms in total. The Balaban J connectivity index is 2.08. The Morgan fingerprint density at radius 2 is 2.16 bits per heavy atom. The van der Waals surface area contributed by atoms with E-state index in [0.717, 1.165) is 11.3 Å². The molecule has 0 aliphatic carbocycles. The molecule has 19 heavy (non-hydrogen) atoms. The van der Waals surface area contributed by atoms with E-state index in [4.69, 9.17) is 17.3 Å². The van der Waals surface area contributed by atoms with E-state index in [0.29, 0.717) is 11.6 Å². The van der Waals surface area contributed by atoms with E-state index in [2.05, 4.69) is 15.5 Å². The topological polar surface area (TPSA) is 85.8 Å². The van der Waals surface area contributed by atoms with Gasteiger partial charge in [0.15, 0.2) is 0 Å². The van der Waals surface area contributed by atoms with Gasteiger partial charge in [-0.15, -0.1) is 0 Å². The Labute approximate surface area is 115 Å². The molecule has 0 aliphatic heterocycles. The van der Waals surface area contributed by atoms with Crippen LogP contribution in [0.4, 0.5) is 0 Å². The predicted octanol–water partition coefficient (Wildman–Crippen LogP) is 0.785. The number of hydrogen-bond donors (Lipinski definition) is 2. The van der Waals surface area contributed by atoms with E-state index < -0.39 is 11.9 Å². The van der Waals surface area contributed by atoms with Crippen molar-refractivity contribution in [2.24, 2.45) is 12.8 Å². The third-order valence-corrected chi connectivity index (χ3v) is 2.87. The highest BCUT2D eigenvalue weighted by Gasteiger charge is 2.17. The first-order chi connectivity index (χ1) is 9.06. The average Bonchev–Trinajstić information content (AvgIpc) is 2.77. The van der Waals surface area contributed by atoms with Crippen LogP contribution in [-0.4, -0.2) is 20.9 Å². The summed E-state index contributed by atoms with van der Waals surface area (Å²) in [4.78, 5) is 13.0. The van der Waals surface area contributed by atoms with Gasteiger partial charge in [-0.2, -0.15) is 15.0 Å². The molecule has 1 aromatic carbocycles. The van der Waals surface area contributed by atoms with Crippen LogP contribution < -0.4 is 11.1 Å². The van der Waals surface area contributed by atoms with Crippen molar-refractivity contribution in [1.82, 2.24) is 20.3 Å². The Morgan fingerprint density at radius 3 is 2.68 bits per heavy atom. The van der Waals surface area contributed by atoms with Crippen LogP contribution in [-0.2, 0) is 18.4 Å². The predicted molar refractivity (Wildman–Crippen MR) is 71.2 cm³/mol. The third kappa shape index (κ3) is 3.52. The quantitative estimate of drug-likeness (QED) is 0.847. The molecule has 0 radical (unpaired) electrons. The Morgan fingerprint density at radius 1 is 1.47 bits per heavy atom. The molecular weight excluding hydrogens is 266 g/mol. The number of nitrogens with two attached hydrogens (primary N) is 1. The molecule has 1 atom stereocenters. The molecule has 0 spiro atoms. The molecule has 0 aliphatic rings. The fourth-order valence-corrected chi connectivity index (χ4v) is 1.84. The highest BCUT2D eigenvalue weighted by molar-refractivity contribution is 6.30. The summed E-state index contributed by atoms with van der Waals surface area (Å²) in [5.74, 6) is -0.453. The van der Waals surface area contributed by atoms with E-state index in [-0.39, 0.29) is 0 Å². The number of nitrogens with zero attached hydrogens (tertiary/aromatic N) is 3. The highest BCUT2D eigenvalue weighted by atomic mass is 35.5. The summed E-state index contributed by atoms with van der Waals surface area (Å²) >= 11 is 5.81. The number of nitrogens with one attached hydrogen (secondary N) is 1. The lowest BCUT2D eigenvalue weighted by Crippen LogP contribution is -2.33. The number of benzene rings is 1. The zero-order chi connectivity index (χ0) is 13.8. The summed E-state index contributed by atoms with van der Waals surface area (Å²) in [6.45, 7) is 0.407. The summed E-state index contributed by atoms with van der Waals surface area (Å²) in [5, 5.41) is 11.7. The van der Waals surface area contributed by atoms with Crippen LogP contribution >= 0.6 is 11.6 Å². The SMILES string of the molecule is Cn1ncc(CNC(C(N)=O)c2ccc(Cl)cc2)n1. The number of aryl methyl sites for hydroxylation is 1. The van der Waals surface area contributed by atoms with Crippen molar-refractivity contribution >= 4 is 17.5 Å². The molecule has 1 aromatic heterocycles. The minimum atomic E-state index is -0.584. The van der Waals surface area contributed by atoms with Crippen LogP contribution in [0, 0.1) is 0 Å². The second kappa shape index (κ2) is 5.81. The average molecular weight is 280 g/mol. The zero-order valence-corrected chi connectivity index (χ0v) is 11.1. The molecule has 0 saturated carbocycles. The van der Waals surface area contributed by atoms with Gasteiger partial charge in [-0.1, -0.05) is 23.7 Å². The number of primary amides is 1. The minimum Gasteiger partial charge on any atom is -0.368 e. The number of carbonyl (C=O) groups is 1. The van der Waals surface area contributed by atoms with Crippen molar-refractivity contribution in [3.8, 4) is 0 Å². The Hall–Kier alpha value is -1.92. The second-order valence-electron chi connectivity index (χ2n) is 4.09. The number of rotatable bonds is 5. The van der Waals surface area contributed by atoms with Crippen molar-refractivity contribution in [2.75, 3.05) is 0 Å². The summed E-state index contributed by atoms with van der Waals surface area (Å²) < 4.78 is 0. The molecule has 2 aromatic rings. The number of carbonyl (C=O) groups excluding carboxylic acids is 1. The molecule has 7 heteroatoms. The summed E-state index contributed by atoms with van der Waals surface area (Å²) in [5.41, 5.74) is 6.90. The molecule has 1 unspecified atom stereocenters. The highest BCUT2D eigenvalue weighted by Crippen LogP contribution is 2.16. The van der Waals surface area contributed by atoms with Crippen molar-refractivity contribution in [1.29, 1.82) is 0 Å². The molecule has 0 fully saturated rings. The van der Waals surface area contributed by atoms with Gasteiger partial charge in [0.05, 0.1) is 11.9 Å². The first kappa shape index (κ1) is 13.5. The van der Waals surface area contributed by atoms with Crippen LogP contribution in [0.3, 0.4) is 0 Å². The van der Waals surface area contributed by atoms with Crippen LogP contribution in [0.5, 0.6) is 0 Å². The number of amides is 1. The number of hydrogen-bond acceptors (Lipinski definition) is 4. The van der Waals surface area contributed by atoms with E-state index in [1.807, 2.05) is 0 Å². The standard InChI is InChI=1S/C12H14ClN5O/c1-18-16-7-10(17-18)6-15-11(12(14)19)8-2-4-9(13)5-3-8/h2-5,7,11,15H,6H2,1H3,(H2,14,19). The van der Waals surface area contributed by atoms with Crippen molar-refractivity contribution < 1.29 is 4.79 Å². The van der Waals surface area contributed by atoms with Gasteiger partial charge in [0, 0.05) is 18.6 Å². The lowest BCUT2D eigenvalue weighted by molar-refractivity contribution is -0.120. The third-order valence-electron chi connectivity index (χ3n) is 2.62. The molecule has 100 valence electrons. The van der Waals surface area contributed by atoms with E-state index in [1.54, 1.807) is 37.5 Å². The largest absolute Gasteiger partial charge is 0.368 e. The van der Waals surface area contributed by atoms with Crippen molar-refractivity contribution in [2.45, 2.75) is 12.6 Å². The molecule has 0 bridgehead atoms. The lowest BCUT2D eigenvalue weighted by atomic mass is 10.1. The molecule has 0 saturated heterocycles. The summed E-state index contributed by atoms with van der Waals surface area (Å²) in [6.07, 6.45) is 1.63. The monoisotopic (exact) mass is 279 g/mol. The molecule has 2 rings (SSSR count). The van der Waals surface area contributed by atoms with Gasteiger partial charge in [0.25, 0.3) is 0 Å². The van der Waals surface area contributed by atoms with Crippen LogP contribution in [0.25, 0.3) is 0 Å². The zero-order valence-electron chi connectivity index (χ0n) is 10.4. The fraction of sp³-hybridized carbons (Fsp3) is 0.250. The number of aromatic nitrogens is 3. The molecular formula is C12H14ClN5O. The normalized spacial score (nSPS) is 12.3. The first-order valence-corrected chi connectivity index (χ1v) is 6.07. The smallest absolute Gasteiger partial charge is 0.239 e. The first-order valence-electron chi connectivity index (χ1n) is 5.69. The van der Waals surface area contributed by atoms with Gasteiger partial charge in [-0.05, 0) is 17.7 Å². The summed E-state index contributed by atoms with van der Waals surface area (Å²) in [7, 11) is 1.73. The Kier molecular flexibility index (Phi) is 4.13. The maximum absolute atomic E-state index is 11.5. The maximum Gasteiger partial charge on any atom is 0.239 e. The van der Waals surface area contributed by atoms with Crippen LogP contribution in [0.2, 0.25) is 5.02 Å². The van der Waals surface area contributed by atoms with E-state index >= 15 is 0 Å². The van der Waals surface area contributed by atoms with Crippen molar-refractivity contribution in [3.63, 3.8) is 0 Å². The minimum absolute atomic E-state index is 0.407. The molecule has 1 amide bonds. The molecule has 3 N–H and O–H groups in total. The van der Waals surface area contributed by atoms with E-state index in [1.165, 1.54) is 4.80 Å². The summed E-state index contributed by atoms with van der Waals surface area (Å²) in [6, 6.07) is 6.38. The van der Waals surface area contributed by atoms with Gasteiger partial charge in [0.2, 0.25) is 5.91 Å². The fourth-order valence-electron chi connectivity index (χ4n) is 1.71. The van der Waals surface area contributed by atoms with Crippen molar-refractivity contribution in [3.05, 3.63) is 46.7 Å². The van der Waals surface area contributed by atoms with Gasteiger partial charge in [-0.25, -0.2) is 0 Å². The lowest BCUT2D eigenvalue weighted by Gasteiger charge is -2.15. The second-order valence-corrected chi connectivity index (χ2v) is 4.53. The Bertz CT molecular complexity index is 566. The van der Waals surface area contributed by atoms with Gasteiger partial charge in [0.1, 0.15) is 6.04 Å². The van der Waals surface area contributed by atoms with Gasteiger partial charge >= 0.3 is 0 Å².